The van der Waals surface area contributed by atoms with Crippen molar-refractivity contribution in [2.45, 2.75) is 20.0 Å². The van der Waals surface area contributed by atoms with Crippen LogP contribution in [0.4, 0.5) is 13.8 Å². The molecule has 1 aromatic heterocycles. The molecule has 2 rings (SSSR count). The zero-order valence-electron chi connectivity index (χ0n) is 9.69. The fourth-order valence-corrected chi connectivity index (χ4v) is 2.33. The van der Waals surface area contributed by atoms with Gasteiger partial charge in [-0.1, -0.05) is 6.92 Å². The van der Waals surface area contributed by atoms with Gasteiger partial charge in [-0.3, -0.25) is 0 Å². The van der Waals surface area contributed by atoms with Gasteiger partial charge in [0.1, 0.15) is 16.4 Å². The van der Waals surface area contributed by atoms with Crippen molar-refractivity contribution in [3.8, 4) is 17.0 Å². The summed E-state index contributed by atoms with van der Waals surface area (Å²) >= 11 is 1.44. The van der Waals surface area contributed by atoms with Crippen LogP contribution in [-0.4, -0.2) is 11.6 Å². The van der Waals surface area contributed by atoms with Gasteiger partial charge in [-0.2, -0.15) is 8.78 Å². The number of rotatable bonds is 4. The van der Waals surface area contributed by atoms with Crippen LogP contribution >= 0.6 is 11.3 Å². The van der Waals surface area contributed by atoms with Crippen molar-refractivity contribution >= 4 is 16.3 Å². The first-order valence-corrected chi connectivity index (χ1v) is 6.22. The van der Waals surface area contributed by atoms with E-state index in [0.717, 1.165) is 17.0 Å². The summed E-state index contributed by atoms with van der Waals surface area (Å²) in [4.78, 5) is 4.39. The SMILES string of the molecule is CCc1nc(-c2ccc(OC(F)F)cc2)c(N)s1. The predicted octanol–water partition coefficient (Wildman–Crippen LogP) is 3.56. The lowest BCUT2D eigenvalue weighted by atomic mass is 10.1. The molecule has 2 N–H and O–H groups in total. The number of aromatic nitrogens is 1. The Bertz CT molecular complexity index is 525. The minimum Gasteiger partial charge on any atom is -0.435 e. The molecule has 0 saturated carbocycles. The highest BCUT2D eigenvalue weighted by Crippen LogP contribution is 2.31. The Hall–Kier alpha value is -1.69. The molecule has 0 bridgehead atoms. The van der Waals surface area contributed by atoms with Gasteiger partial charge in [-0.15, -0.1) is 11.3 Å². The average molecular weight is 270 g/mol. The molecule has 3 nitrogen and oxygen atoms in total. The number of hydrogen-bond acceptors (Lipinski definition) is 4. The van der Waals surface area contributed by atoms with Gasteiger partial charge in [-0.05, 0) is 30.7 Å². The average Bonchev–Trinajstić information content (AvgIpc) is 2.71. The third-order valence-electron chi connectivity index (χ3n) is 2.35. The van der Waals surface area contributed by atoms with Gasteiger partial charge in [0.05, 0.1) is 5.01 Å². The van der Waals surface area contributed by atoms with Crippen LogP contribution in [-0.2, 0) is 6.42 Å². The van der Waals surface area contributed by atoms with Gasteiger partial charge in [0.2, 0.25) is 0 Å². The number of benzene rings is 1. The van der Waals surface area contributed by atoms with E-state index in [1.165, 1.54) is 23.5 Å². The van der Waals surface area contributed by atoms with Crippen molar-refractivity contribution in [1.82, 2.24) is 4.98 Å². The Morgan fingerprint density at radius 3 is 2.50 bits per heavy atom. The van der Waals surface area contributed by atoms with Crippen LogP contribution in [0.15, 0.2) is 24.3 Å². The fourth-order valence-electron chi connectivity index (χ4n) is 1.53. The predicted molar refractivity (Wildman–Crippen MR) is 68.0 cm³/mol. The largest absolute Gasteiger partial charge is 0.435 e. The maximum absolute atomic E-state index is 12.0. The van der Waals surface area contributed by atoms with Crippen LogP contribution in [0, 0.1) is 0 Å². The Balaban J connectivity index is 2.25. The summed E-state index contributed by atoms with van der Waals surface area (Å²) in [7, 11) is 0. The molecule has 96 valence electrons. The summed E-state index contributed by atoms with van der Waals surface area (Å²) < 4.78 is 28.3. The van der Waals surface area contributed by atoms with E-state index in [0.29, 0.717) is 10.7 Å². The standard InChI is InChI=1S/C12H12F2N2OS/c1-2-9-16-10(11(15)18-9)7-3-5-8(6-4-7)17-12(13)14/h3-6,12H,2,15H2,1H3. The smallest absolute Gasteiger partial charge is 0.387 e. The zero-order chi connectivity index (χ0) is 13.1. The maximum Gasteiger partial charge on any atom is 0.387 e. The number of thiazole rings is 1. The molecule has 0 radical (unpaired) electrons. The molecular weight excluding hydrogens is 258 g/mol. The number of alkyl halides is 2. The van der Waals surface area contributed by atoms with Crippen LogP contribution in [0.2, 0.25) is 0 Å². The number of nitrogens with zero attached hydrogens (tertiary/aromatic N) is 1. The monoisotopic (exact) mass is 270 g/mol. The molecule has 0 amide bonds. The van der Waals surface area contributed by atoms with Gasteiger partial charge in [0.25, 0.3) is 0 Å². The molecule has 0 fully saturated rings. The van der Waals surface area contributed by atoms with E-state index in [-0.39, 0.29) is 5.75 Å². The number of anilines is 1. The fraction of sp³-hybridized carbons (Fsp3) is 0.250. The Labute approximate surface area is 107 Å². The van der Waals surface area contributed by atoms with Crippen molar-refractivity contribution in [3.63, 3.8) is 0 Å². The molecule has 0 atom stereocenters. The second kappa shape index (κ2) is 5.30. The van der Waals surface area contributed by atoms with Crippen LogP contribution in [0.5, 0.6) is 5.75 Å². The van der Waals surface area contributed by atoms with Crippen molar-refractivity contribution < 1.29 is 13.5 Å². The Morgan fingerprint density at radius 1 is 1.33 bits per heavy atom. The lowest BCUT2D eigenvalue weighted by Crippen LogP contribution is -2.01. The molecule has 0 saturated heterocycles. The third-order valence-corrected chi connectivity index (χ3v) is 3.38. The van der Waals surface area contributed by atoms with Crippen molar-refractivity contribution in [1.29, 1.82) is 0 Å². The number of halogens is 2. The summed E-state index contributed by atoms with van der Waals surface area (Å²) in [6, 6.07) is 6.29. The quantitative estimate of drug-likeness (QED) is 0.924. The molecule has 18 heavy (non-hydrogen) atoms. The van der Waals surface area contributed by atoms with Crippen molar-refractivity contribution in [2.24, 2.45) is 0 Å². The highest BCUT2D eigenvalue weighted by atomic mass is 32.1. The normalized spacial score (nSPS) is 10.9. The lowest BCUT2D eigenvalue weighted by Gasteiger charge is -2.04. The van der Waals surface area contributed by atoms with E-state index in [4.69, 9.17) is 5.73 Å². The van der Waals surface area contributed by atoms with Crippen molar-refractivity contribution in [2.75, 3.05) is 5.73 Å². The second-order valence-electron chi connectivity index (χ2n) is 3.58. The first-order valence-electron chi connectivity index (χ1n) is 5.40. The Morgan fingerprint density at radius 2 is 2.00 bits per heavy atom. The summed E-state index contributed by atoms with van der Waals surface area (Å²) in [5.74, 6) is 0.123. The lowest BCUT2D eigenvalue weighted by molar-refractivity contribution is -0.0498. The van der Waals surface area contributed by atoms with E-state index >= 15 is 0 Å². The van der Waals surface area contributed by atoms with E-state index in [1.807, 2.05) is 6.92 Å². The van der Waals surface area contributed by atoms with E-state index in [1.54, 1.807) is 12.1 Å². The molecule has 1 aromatic carbocycles. The number of hydrogen-bond donors (Lipinski definition) is 1. The number of nitrogens with two attached hydrogens (primary N) is 1. The van der Waals surface area contributed by atoms with Crippen LogP contribution in [0.25, 0.3) is 11.3 Å². The summed E-state index contributed by atoms with van der Waals surface area (Å²) in [5, 5.41) is 1.59. The number of aryl methyl sites for hydroxylation is 1. The molecule has 1 heterocycles. The van der Waals surface area contributed by atoms with E-state index in [9.17, 15) is 8.78 Å². The molecule has 0 spiro atoms. The number of nitrogen functional groups attached to an aromatic ring is 1. The van der Waals surface area contributed by atoms with Crippen LogP contribution < -0.4 is 10.5 Å². The van der Waals surface area contributed by atoms with Gasteiger partial charge in [0.15, 0.2) is 0 Å². The van der Waals surface area contributed by atoms with E-state index in [2.05, 4.69) is 9.72 Å². The van der Waals surface area contributed by atoms with Gasteiger partial charge >= 0.3 is 6.61 Å². The molecule has 6 heteroatoms. The van der Waals surface area contributed by atoms with Crippen molar-refractivity contribution in [3.05, 3.63) is 29.3 Å². The third kappa shape index (κ3) is 2.76. The summed E-state index contributed by atoms with van der Waals surface area (Å²) in [5.41, 5.74) is 7.36. The van der Waals surface area contributed by atoms with E-state index < -0.39 is 6.61 Å². The molecule has 0 unspecified atom stereocenters. The number of ether oxygens (including phenoxy) is 1. The highest BCUT2D eigenvalue weighted by molar-refractivity contribution is 7.16. The van der Waals surface area contributed by atoms with Crippen LogP contribution in [0.3, 0.4) is 0 Å². The minimum absolute atomic E-state index is 0.123. The molecule has 0 aliphatic heterocycles. The maximum atomic E-state index is 12.0. The molecule has 2 aromatic rings. The summed E-state index contributed by atoms with van der Waals surface area (Å²) in [6.07, 6.45) is 0.821. The van der Waals surface area contributed by atoms with Gasteiger partial charge < -0.3 is 10.5 Å². The highest BCUT2D eigenvalue weighted by Gasteiger charge is 2.10. The first-order chi connectivity index (χ1) is 8.60. The molecule has 0 aliphatic carbocycles. The van der Waals surface area contributed by atoms with Crippen LogP contribution in [0.1, 0.15) is 11.9 Å². The Kier molecular flexibility index (Phi) is 3.76. The van der Waals surface area contributed by atoms with Gasteiger partial charge in [0, 0.05) is 5.56 Å². The second-order valence-corrected chi connectivity index (χ2v) is 4.69. The summed E-state index contributed by atoms with van der Waals surface area (Å²) in [6.45, 7) is -0.811. The van der Waals surface area contributed by atoms with Gasteiger partial charge in [-0.25, -0.2) is 4.98 Å². The minimum atomic E-state index is -2.81. The topological polar surface area (TPSA) is 48.1 Å². The molecule has 0 aliphatic rings. The first kappa shape index (κ1) is 12.8. The zero-order valence-corrected chi connectivity index (χ0v) is 10.5. The molecular formula is C12H12F2N2OS.